The van der Waals surface area contributed by atoms with Gasteiger partial charge in [-0.3, -0.25) is 5.10 Å². The molecule has 0 radical (unpaired) electrons. The zero-order chi connectivity index (χ0) is 14.8. The lowest BCUT2D eigenvalue weighted by atomic mass is 9.85. The van der Waals surface area contributed by atoms with E-state index in [-0.39, 0.29) is 18.1 Å². The Hall–Kier alpha value is -1.89. The summed E-state index contributed by atoms with van der Waals surface area (Å²) in [6, 6.07) is 0.102. The molecule has 0 amide bonds. The van der Waals surface area contributed by atoms with E-state index in [1.165, 1.54) is 0 Å². The molecule has 0 aliphatic heterocycles. The van der Waals surface area contributed by atoms with Crippen molar-refractivity contribution in [2.24, 2.45) is 5.41 Å². The maximum Gasteiger partial charge on any atom is 0.226 e. The zero-order valence-corrected chi connectivity index (χ0v) is 12.4. The highest BCUT2D eigenvalue weighted by Gasteiger charge is 2.25. The van der Waals surface area contributed by atoms with Crippen LogP contribution in [0.15, 0.2) is 6.20 Å². The van der Waals surface area contributed by atoms with Crippen molar-refractivity contribution in [3.63, 3.8) is 0 Å². The number of rotatable bonds is 5. The number of fused-ring (bicyclic) bond motifs is 1. The fraction of sp³-hybridized carbons (Fsp3) is 0.615. The van der Waals surface area contributed by atoms with Gasteiger partial charge in [0.05, 0.1) is 11.6 Å². The molecule has 7 nitrogen and oxygen atoms in total. The number of anilines is 2. The van der Waals surface area contributed by atoms with Crippen LogP contribution in [0.25, 0.3) is 11.0 Å². The number of aromatic amines is 1. The third-order valence-electron chi connectivity index (χ3n) is 3.31. The van der Waals surface area contributed by atoms with Crippen LogP contribution in [-0.4, -0.2) is 45.0 Å². The zero-order valence-electron chi connectivity index (χ0n) is 12.4. The highest BCUT2D eigenvalue weighted by molar-refractivity contribution is 5.87. The number of aromatic nitrogens is 4. The van der Waals surface area contributed by atoms with Gasteiger partial charge in [-0.2, -0.15) is 15.1 Å². The van der Waals surface area contributed by atoms with Crippen LogP contribution in [0.2, 0.25) is 0 Å². The first kappa shape index (κ1) is 14.5. The Morgan fingerprint density at radius 2 is 2.10 bits per heavy atom. The second-order valence-corrected chi connectivity index (χ2v) is 5.85. The number of H-pyrrole nitrogens is 1. The number of aliphatic hydroxyl groups excluding tert-OH is 1. The smallest absolute Gasteiger partial charge is 0.226 e. The summed E-state index contributed by atoms with van der Waals surface area (Å²) in [6.07, 6.45) is 2.36. The minimum Gasteiger partial charge on any atom is -0.396 e. The Morgan fingerprint density at radius 1 is 1.35 bits per heavy atom. The number of hydrogen-bond donors (Lipinski definition) is 4. The molecule has 7 heteroatoms. The lowest BCUT2D eigenvalue weighted by Crippen LogP contribution is -2.35. The second-order valence-electron chi connectivity index (χ2n) is 5.85. The average molecular weight is 278 g/mol. The van der Waals surface area contributed by atoms with Crippen LogP contribution in [0.3, 0.4) is 0 Å². The van der Waals surface area contributed by atoms with Crippen molar-refractivity contribution in [2.75, 3.05) is 24.3 Å². The Kier molecular flexibility index (Phi) is 4.08. The molecule has 0 aromatic carbocycles. The van der Waals surface area contributed by atoms with Crippen molar-refractivity contribution in [3.05, 3.63) is 6.20 Å². The van der Waals surface area contributed by atoms with Crippen LogP contribution >= 0.6 is 0 Å². The Bertz CT molecular complexity index is 574. The number of nitrogens with zero attached hydrogens (tertiary/aromatic N) is 3. The van der Waals surface area contributed by atoms with E-state index in [9.17, 15) is 5.11 Å². The fourth-order valence-corrected chi connectivity index (χ4v) is 2.07. The second kappa shape index (κ2) is 5.62. The number of aliphatic hydroxyl groups is 1. The molecule has 2 rings (SSSR count). The minimum absolute atomic E-state index is 0.00352. The van der Waals surface area contributed by atoms with Gasteiger partial charge in [0.25, 0.3) is 0 Å². The predicted molar refractivity (Wildman–Crippen MR) is 79.8 cm³/mol. The summed E-state index contributed by atoms with van der Waals surface area (Å²) in [5, 5.41) is 23.3. The van der Waals surface area contributed by atoms with Gasteiger partial charge in [-0.1, -0.05) is 20.8 Å². The molecule has 2 aromatic heterocycles. The van der Waals surface area contributed by atoms with Gasteiger partial charge in [-0.15, -0.1) is 0 Å². The topological polar surface area (TPSA) is 98.8 Å². The van der Waals surface area contributed by atoms with E-state index in [0.717, 1.165) is 11.2 Å². The molecule has 0 saturated carbocycles. The Labute approximate surface area is 118 Å². The van der Waals surface area contributed by atoms with E-state index in [2.05, 4.69) is 51.6 Å². The van der Waals surface area contributed by atoms with Gasteiger partial charge < -0.3 is 15.7 Å². The molecule has 4 N–H and O–H groups in total. The van der Waals surface area contributed by atoms with Crippen molar-refractivity contribution in [2.45, 2.75) is 33.2 Å². The summed E-state index contributed by atoms with van der Waals surface area (Å²) in [5.41, 5.74) is 0.687. The third-order valence-corrected chi connectivity index (χ3v) is 3.31. The fourth-order valence-electron chi connectivity index (χ4n) is 2.07. The Morgan fingerprint density at radius 3 is 2.70 bits per heavy atom. The molecule has 1 unspecified atom stereocenters. The SMILES string of the molecule is CNc1nc(NC(CCO)C(C)(C)C)c2cn[nH]c2n1. The molecule has 0 fully saturated rings. The normalized spacial score (nSPS) is 13.4. The van der Waals surface area contributed by atoms with Crippen molar-refractivity contribution in [1.29, 1.82) is 0 Å². The quantitative estimate of drug-likeness (QED) is 0.663. The molecular weight excluding hydrogens is 256 g/mol. The summed E-state index contributed by atoms with van der Waals surface area (Å²) in [6.45, 7) is 6.53. The van der Waals surface area contributed by atoms with Gasteiger partial charge in [0.2, 0.25) is 5.95 Å². The maximum absolute atomic E-state index is 9.25. The third kappa shape index (κ3) is 2.98. The molecule has 0 aliphatic carbocycles. The first-order valence-corrected chi connectivity index (χ1v) is 6.72. The molecule has 110 valence electrons. The van der Waals surface area contributed by atoms with Gasteiger partial charge in [0, 0.05) is 19.7 Å². The van der Waals surface area contributed by atoms with Crippen LogP contribution in [0, 0.1) is 5.41 Å². The van der Waals surface area contributed by atoms with E-state index in [1.807, 2.05) is 0 Å². The molecule has 2 aromatic rings. The van der Waals surface area contributed by atoms with Crippen molar-refractivity contribution < 1.29 is 5.11 Å². The first-order chi connectivity index (χ1) is 9.45. The van der Waals surface area contributed by atoms with Crippen LogP contribution in [0.5, 0.6) is 0 Å². The standard InChI is InChI=1S/C13H22N6O/c1-13(2,3)9(5-6-20)16-10-8-7-15-19-11(8)18-12(14-4)17-10/h7,9,20H,5-6H2,1-4H3,(H3,14,15,16,17,18,19). The van der Waals surface area contributed by atoms with Crippen molar-refractivity contribution >= 4 is 22.8 Å². The largest absolute Gasteiger partial charge is 0.396 e. The molecular formula is C13H22N6O. The van der Waals surface area contributed by atoms with Crippen LogP contribution in [0.4, 0.5) is 11.8 Å². The van der Waals surface area contributed by atoms with E-state index < -0.39 is 0 Å². The predicted octanol–water partition coefficient (Wildman–Crippen LogP) is 1.60. The van der Waals surface area contributed by atoms with E-state index in [1.54, 1.807) is 13.2 Å². The molecule has 1 atom stereocenters. The minimum atomic E-state index is 0.00352. The molecule has 0 aliphatic rings. The highest BCUT2D eigenvalue weighted by atomic mass is 16.3. The Balaban J connectivity index is 2.38. The van der Waals surface area contributed by atoms with E-state index in [4.69, 9.17) is 0 Å². The average Bonchev–Trinajstić information content (AvgIpc) is 2.85. The lowest BCUT2D eigenvalue weighted by molar-refractivity contribution is 0.235. The summed E-state index contributed by atoms with van der Waals surface area (Å²) in [7, 11) is 1.77. The van der Waals surface area contributed by atoms with Gasteiger partial charge >= 0.3 is 0 Å². The van der Waals surface area contributed by atoms with Gasteiger partial charge in [-0.05, 0) is 11.8 Å². The lowest BCUT2D eigenvalue weighted by Gasteiger charge is -2.31. The summed E-state index contributed by atoms with van der Waals surface area (Å²) < 4.78 is 0. The van der Waals surface area contributed by atoms with E-state index >= 15 is 0 Å². The number of hydrogen-bond acceptors (Lipinski definition) is 6. The number of nitrogens with one attached hydrogen (secondary N) is 3. The molecule has 0 saturated heterocycles. The van der Waals surface area contributed by atoms with E-state index in [0.29, 0.717) is 18.0 Å². The van der Waals surface area contributed by atoms with Crippen LogP contribution in [-0.2, 0) is 0 Å². The van der Waals surface area contributed by atoms with Crippen LogP contribution < -0.4 is 10.6 Å². The molecule has 2 heterocycles. The van der Waals surface area contributed by atoms with Crippen molar-refractivity contribution in [3.8, 4) is 0 Å². The summed E-state index contributed by atoms with van der Waals surface area (Å²) >= 11 is 0. The summed E-state index contributed by atoms with van der Waals surface area (Å²) in [4.78, 5) is 8.75. The first-order valence-electron chi connectivity index (χ1n) is 6.72. The molecule has 20 heavy (non-hydrogen) atoms. The van der Waals surface area contributed by atoms with Gasteiger partial charge in [0.1, 0.15) is 5.82 Å². The maximum atomic E-state index is 9.25. The molecule has 0 spiro atoms. The van der Waals surface area contributed by atoms with Crippen LogP contribution in [0.1, 0.15) is 27.2 Å². The molecule has 0 bridgehead atoms. The van der Waals surface area contributed by atoms with Gasteiger partial charge in [-0.25, -0.2) is 0 Å². The highest BCUT2D eigenvalue weighted by Crippen LogP contribution is 2.28. The van der Waals surface area contributed by atoms with Crippen molar-refractivity contribution in [1.82, 2.24) is 20.2 Å². The van der Waals surface area contributed by atoms with Gasteiger partial charge in [0.15, 0.2) is 5.65 Å². The summed E-state index contributed by atoms with van der Waals surface area (Å²) in [5.74, 6) is 1.25. The monoisotopic (exact) mass is 278 g/mol.